The fourth-order valence-corrected chi connectivity index (χ4v) is 2.93. The first-order valence-corrected chi connectivity index (χ1v) is 6.58. The number of fused-ring (bicyclic) bond motifs is 1. The minimum atomic E-state index is -0.463. The number of hydrogen-bond acceptors (Lipinski definition) is 3. The summed E-state index contributed by atoms with van der Waals surface area (Å²) in [4.78, 5) is 25.3. The number of rotatable bonds is 2. The van der Waals surface area contributed by atoms with Crippen molar-refractivity contribution in [3.05, 3.63) is 29.3 Å². The molecule has 19 heavy (non-hydrogen) atoms. The van der Waals surface area contributed by atoms with E-state index in [1.165, 1.54) is 12.7 Å². The number of esters is 1. The topological polar surface area (TPSA) is 46.6 Å². The second-order valence-electron chi connectivity index (χ2n) is 5.34. The van der Waals surface area contributed by atoms with Crippen LogP contribution < -0.4 is 4.90 Å². The highest BCUT2D eigenvalue weighted by atomic mass is 16.5. The maximum absolute atomic E-state index is 11.9. The minimum absolute atomic E-state index is 0.0545. The molecular formula is C15H17NO3. The summed E-state index contributed by atoms with van der Waals surface area (Å²) in [6.07, 6.45) is 2.55. The summed E-state index contributed by atoms with van der Waals surface area (Å²) in [5.74, 6) is -0.112. The van der Waals surface area contributed by atoms with Crippen LogP contribution in [-0.4, -0.2) is 25.5 Å². The van der Waals surface area contributed by atoms with Gasteiger partial charge in [0.25, 0.3) is 0 Å². The third-order valence-corrected chi connectivity index (χ3v) is 4.24. The highest BCUT2D eigenvalue weighted by Gasteiger charge is 2.52. The smallest absolute Gasteiger partial charge is 0.316 e. The molecule has 0 aromatic heterocycles. The molecule has 1 heterocycles. The SMILES string of the molecule is COC(=O)C1(c2ccc3c(c2)N(C(C)=O)CC3)CC1. The van der Waals surface area contributed by atoms with E-state index in [4.69, 9.17) is 4.74 Å². The van der Waals surface area contributed by atoms with Crippen LogP contribution in [0.15, 0.2) is 18.2 Å². The number of nitrogens with zero attached hydrogens (tertiary/aromatic N) is 1. The Labute approximate surface area is 112 Å². The van der Waals surface area contributed by atoms with Crippen LogP contribution in [0.5, 0.6) is 0 Å². The van der Waals surface area contributed by atoms with Gasteiger partial charge in [0, 0.05) is 19.2 Å². The largest absolute Gasteiger partial charge is 0.468 e. The Morgan fingerprint density at radius 3 is 2.63 bits per heavy atom. The van der Waals surface area contributed by atoms with E-state index in [9.17, 15) is 9.59 Å². The zero-order chi connectivity index (χ0) is 13.6. The summed E-state index contributed by atoms with van der Waals surface area (Å²) in [5.41, 5.74) is 2.65. The van der Waals surface area contributed by atoms with E-state index in [0.717, 1.165) is 37.1 Å². The van der Waals surface area contributed by atoms with Crippen molar-refractivity contribution in [2.24, 2.45) is 0 Å². The lowest BCUT2D eigenvalue weighted by atomic mass is 9.94. The van der Waals surface area contributed by atoms with Crippen molar-refractivity contribution < 1.29 is 14.3 Å². The van der Waals surface area contributed by atoms with Gasteiger partial charge in [-0.05, 0) is 36.5 Å². The minimum Gasteiger partial charge on any atom is -0.468 e. The summed E-state index contributed by atoms with van der Waals surface area (Å²) in [6, 6.07) is 6.04. The van der Waals surface area contributed by atoms with Gasteiger partial charge in [-0.3, -0.25) is 9.59 Å². The lowest BCUT2D eigenvalue weighted by Crippen LogP contribution is -2.26. The Balaban J connectivity index is 2.01. The number of benzene rings is 1. The Morgan fingerprint density at radius 2 is 2.05 bits per heavy atom. The van der Waals surface area contributed by atoms with E-state index in [1.54, 1.807) is 11.8 Å². The summed E-state index contributed by atoms with van der Waals surface area (Å²) in [5, 5.41) is 0. The molecule has 0 bridgehead atoms. The van der Waals surface area contributed by atoms with Gasteiger partial charge in [0.2, 0.25) is 5.91 Å². The predicted molar refractivity (Wildman–Crippen MR) is 71.1 cm³/mol. The monoisotopic (exact) mass is 259 g/mol. The average Bonchev–Trinajstić information content (AvgIpc) is 3.11. The number of amides is 1. The van der Waals surface area contributed by atoms with Crippen molar-refractivity contribution in [1.82, 2.24) is 0 Å². The lowest BCUT2D eigenvalue weighted by molar-refractivity contribution is -0.143. The standard InChI is InChI=1S/C15H17NO3/c1-10(17)16-8-5-11-3-4-12(9-13(11)16)15(6-7-15)14(18)19-2/h3-4,9H,5-8H2,1-2H3. The van der Waals surface area contributed by atoms with Gasteiger partial charge in [0.15, 0.2) is 0 Å². The van der Waals surface area contributed by atoms with E-state index in [1.807, 2.05) is 18.2 Å². The van der Waals surface area contributed by atoms with Crippen molar-refractivity contribution in [2.45, 2.75) is 31.6 Å². The highest BCUT2D eigenvalue weighted by Crippen LogP contribution is 2.50. The van der Waals surface area contributed by atoms with Crippen molar-refractivity contribution in [1.29, 1.82) is 0 Å². The van der Waals surface area contributed by atoms with Gasteiger partial charge in [0.05, 0.1) is 12.5 Å². The van der Waals surface area contributed by atoms with Gasteiger partial charge in [-0.1, -0.05) is 12.1 Å². The summed E-state index contributed by atoms with van der Waals surface area (Å²) in [7, 11) is 1.43. The zero-order valence-electron chi connectivity index (χ0n) is 11.2. The quantitative estimate of drug-likeness (QED) is 0.761. The molecule has 0 spiro atoms. The first-order chi connectivity index (χ1) is 9.08. The normalized spacial score (nSPS) is 18.9. The highest BCUT2D eigenvalue weighted by molar-refractivity contribution is 5.94. The first-order valence-electron chi connectivity index (χ1n) is 6.58. The molecule has 4 nitrogen and oxygen atoms in total. The van der Waals surface area contributed by atoms with Gasteiger partial charge in [-0.25, -0.2) is 0 Å². The molecule has 4 heteroatoms. The van der Waals surface area contributed by atoms with Crippen molar-refractivity contribution in [3.8, 4) is 0 Å². The molecule has 1 aromatic rings. The summed E-state index contributed by atoms with van der Waals surface area (Å²) in [6.45, 7) is 2.31. The number of carbonyl (C=O) groups is 2. The fraction of sp³-hybridized carbons (Fsp3) is 0.467. The summed E-state index contributed by atoms with van der Waals surface area (Å²) < 4.78 is 4.91. The third-order valence-electron chi connectivity index (χ3n) is 4.24. The van der Waals surface area contributed by atoms with Gasteiger partial charge in [-0.2, -0.15) is 0 Å². The zero-order valence-corrected chi connectivity index (χ0v) is 11.2. The molecule has 1 saturated carbocycles. The molecule has 1 aromatic carbocycles. The molecule has 0 radical (unpaired) electrons. The van der Waals surface area contributed by atoms with E-state index in [2.05, 4.69) is 0 Å². The molecule has 2 aliphatic rings. The van der Waals surface area contributed by atoms with Crippen molar-refractivity contribution in [2.75, 3.05) is 18.6 Å². The molecule has 1 aliphatic heterocycles. The Morgan fingerprint density at radius 1 is 1.32 bits per heavy atom. The lowest BCUT2D eigenvalue weighted by Gasteiger charge is -2.18. The molecule has 0 saturated heterocycles. The maximum Gasteiger partial charge on any atom is 0.316 e. The van der Waals surface area contributed by atoms with E-state index in [-0.39, 0.29) is 11.9 Å². The Kier molecular flexibility index (Phi) is 2.62. The molecule has 3 rings (SSSR count). The van der Waals surface area contributed by atoms with Crippen LogP contribution in [0.25, 0.3) is 0 Å². The molecule has 0 atom stereocenters. The molecule has 1 amide bonds. The summed E-state index contributed by atoms with van der Waals surface area (Å²) >= 11 is 0. The molecule has 0 N–H and O–H groups in total. The van der Waals surface area contributed by atoms with Gasteiger partial charge in [-0.15, -0.1) is 0 Å². The fourth-order valence-electron chi connectivity index (χ4n) is 2.93. The molecular weight excluding hydrogens is 242 g/mol. The van der Waals surface area contributed by atoms with Crippen LogP contribution in [0.1, 0.15) is 30.9 Å². The third kappa shape index (κ3) is 1.74. The van der Waals surface area contributed by atoms with Gasteiger partial charge < -0.3 is 9.64 Å². The number of carbonyl (C=O) groups excluding carboxylic acids is 2. The number of methoxy groups -OCH3 is 1. The molecule has 1 fully saturated rings. The van der Waals surface area contributed by atoms with Crippen LogP contribution in [-0.2, 0) is 26.2 Å². The first kappa shape index (κ1) is 12.2. The van der Waals surface area contributed by atoms with Crippen LogP contribution >= 0.6 is 0 Å². The van der Waals surface area contributed by atoms with Crippen molar-refractivity contribution >= 4 is 17.6 Å². The number of hydrogen-bond donors (Lipinski definition) is 0. The second-order valence-corrected chi connectivity index (χ2v) is 5.34. The molecule has 0 unspecified atom stereocenters. The van der Waals surface area contributed by atoms with E-state index >= 15 is 0 Å². The number of anilines is 1. The maximum atomic E-state index is 11.9. The van der Waals surface area contributed by atoms with E-state index in [0.29, 0.717) is 0 Å². The second kappa shape index (κ2) is 4.08. The Hall–Kier alpha value is -1.84. The van der Waals surface area contributed by atoms with E-state index < -0.39 is 5.41 Å². The van der Waals surface area contributed by atoms with Crippen molar-refractivity contribution in [3.63, 3.8) is 0 Å². The van der Waals surface area contributed by atoms with Crippen LogP contribution in [0.4, 0.5) is 5.69 Å². The average molecular weight is 259 g/mol. The Bertz CT molecular complexity index is 561. The molecule has 1 aliphatic carbocycles. The predicted octanol–water partition coefficient (Wildman–Crippen LogP) is 1.80. The van der Waals surface area contributed by atoms with Gasteiger partial charge in [0.1, 0.15) is 0 Å². The van der Waals surface area contributed by atoms with Crippen LogP contribution in [0.3, 0.4) is 0 Å². The van der Waals surface area contributed by atoms with Crippen LogP contribution in [0, 0.1) is 0 Å². The molecule has 100 valence electrons. The number of ether oxygens (including phenoxy) is 1. The van der Waals surface area contributed by atoms with Crippen LogP contribution in [0.2, 0.25) is 0 Å². The van der Waals surface area contributed by atoms with Gasteiger partial charge >= 0.3 is 5.97 Å².